The van der Waals surface area contributed by atoms with Crippen molar-refractivity contribution in [1.29, 1.82) is 0 Å². The van der Waals surface area contributed by atoms with E-state index in [9.17, 15) is 0 Å². The van der Waals surface area contributed by atoms with Gasteiger partial charge in [0.2, 0.25) is 0 Å². The van der Waals surface area contributed by atoms with Crippen LogP contribution in [0.5, 0.6) is 0 Å². The van der Waals surface area contributed by atoms with E-state index in [0.717, 1.165) is 22.2 Å². The molecule has 102 valence electrons. The summed E-state index contributed by atoms with van der Waals surface area (Å²) in [7, 11) is 0. The number of nitrogens with two attached hydrogens (primary N) is 1. The molecule has 0 radical (unpaired) electrons. The van der Waals surface area contributed by atoms with Crippen molar-refractivity contribution in [3.63, 3.8) is 0 Å². The third-order valence-electron chi connectivity index (χ3n) is 3.18. The zero-order valence-electron chi connectivity index (χ0n) is 11.6. The minimum Gasteiger partial charge on any atom is -0.322 e. The van der Waals surface area contributed by atoms with E-state index in [1.54, 1.807) is 6.07 Å². The lowest BCUT2D eigenvalue weighted by molar-refractivity contribution is 0.557. The molecule has 0 amide bonds. The molecule has 2 rings (SSSR count). The van der Waals surface area contributed by atoms with Gasteiger partial charge in [-0.05, 0) is 37.5 Å². The van der Waals surface area contributed by atoms with Crippen LogP contribution in [0.1, 0.15) is 44.9 Å². The first-order chi connectivity index (χ1) is 8.71. The number of rotatable bonds is 2. The summed E-state index contributed by atoms with van der Waals surface area (Å²) < 4.78 is 0. The highest BCUT2D eigenvalue weighted by atomic mass is 35.5. The highest BCUT2D eigenvalue weighted by molar-refractivity contribution is 6.45. The molecule has 1 aromatic heterocycles. The molecule has 2 N–H and O–H groups in total. The van der Waals surface area contributed by atoms with Crippen molar-refractivity contribution in [1.82, 2.24) is 4.98 Å². The Kier molecular flexibility index (Phi) is 3.78. The fraction of sp³-hybridized carbons (Fsp3) is 0.400. The number of halogens is 2. The highest BCUT2D eigenvalue weighted by Crippen LogP contribution is 2.35. The minimum atomic E-state index is -0.456. The molecule has 1 heterocycles. The quantitative estimate of drug-likeness (QED) is 0.859. The van der Waals surface area contributed by atoms with Crippen molar-refractivity contribution < 1.29 is 0 Å². The van der Waals surface area contributed by atoms with Crippen LogP contribution in [-0.2, 0) is 5.54 Å². The molecule has 0 aliphatic carbocycles. The maximum atomic E-state index is 6.29. The monoisotopic (exact) mass is 296 g/mol. The summed E-state index contributed by atoms with van der Waals surface area (Å²) >= 11 is 12.4. The van der Waals surface area contributed by atoms with Crippen LogP contribution in [-0.4, -0.2) is 4.98 Å². The Morgan fingerprint density at radius 3 is 2.37 bits per heavy atom. The van der Waals surface area contributed by atoms with E-state index in [0.29, 0.717) is 16.0 Å². The van der Waals surface area contributed by atoms with Gasteiger partial charge in [0.1, 0.15) is 0 Å². The summed E-state index contributed by atoms with van der Waals surface area (Å²) in [5.74, 6) is 0.306. The number of aromatic nitrogens is 1. The predicted molar refractivity (Wildman–Crippen MR) is 83.1 cm³/mol. The molecule has 4 heteroatoms. The Morgan fingerprint density at radius 1 is 1.21 bits per heavy atom. The molecule has 0 saturated carbocycles. The smallest absolute Gasteiger partial charge is 0.0910 e. The van der Waals surface area contributed by atoms with Crippen LogP contribution in [0, 0.1) is 0 Å². The van der Waals surface area contributed by atoms with Crippen molar-refractivity contribution in [3.8, 4) is 0 Å². The first-order valence-corrected chi connectivity index (χ1v) is 7.05. The molecule has 1 aromatic carbocycles. The Bertz CT molecular complexity index is 628. The van der Waals surface area contributed by atoms with Crippen LogP contribution in [0.2, 0.25) is 10.0 Å². The fourth-order valence-electron chi connectivity index (χ4n) is 2.08. The topological polar surface area (TPSA) is 38.9 Å². The summed E-state index contributed by atoms with van der Waals surface area (Å²) in [6, 6.07) is 5.79. The van der Waals surface area contributed by atoms with Crippen molar-refractivity contribution in [2.75, 3.05) is 0 Å². The third kappa shape index (κ3) is 2.71. The minimum absolute atomic E-state index is 0.306. The van der Waals surface area contributed by atoms with Gasteiger partial charge in [-0.3, -0.25) is 4.98 Å². The number of pyridine rings is 1. The van der Waals surface area contributed by atoms with Crippen molar-refractivity contribution in [2.45, 2.75) is 39.2 Å². The van der Waals surface area contributed by atoms with Crippen LogP contribution >= 0.6 is 23.2 Å². The zero-order chi connectivity index (χ0) is 14.4. The van der Waals surface area contributed by atoms with Gasteiger partial charge in [0.05, 0.1) is 15.6 Å². The van der Waals surface area contributed by atoms with Gasteiger partial charge in [0.25, 0.3) is 0 Å². The zero-order valence-corrected chi connectivity index (χ0v) is 13.1. The average Bonchev–Trinajstić information content (AvgIpc) is 2.31. The summed E-state index contributed by atoms with van der Waals surface area (Å²) in [5.41, 5.74) is 8.57. The van der Waals surface area contributed by atoms with Crippen LogP contribution < -0.4 is 5.73 Å². The van der Waals surface area contributed by atoms with E-state index in [-0.39, 0.29) is 0 Å². The molecule has 0 aliphatic rings. The molecule has 19 heavy (non-hydrogen) atoms. The molecule has 0 bridgehead atoms. The molecule has 0 aliphatic heterocycles. The SMILES string of the molecule is CC(C)c1cc(C(C)(C)N)c2ccc(Cl)c(Cl)c2n1. The maximum Gasteiger partial charge on any atom is 0.0910 e. The van der Waals surface area contributed by atoms with E-state index in [2.05, 4.69) is 24.9 Å². The lowest BCUT2D eigenvalue weighted by Crippen LogP contribution is -2.29. The van der Waals surface area contributed by atoms with Crippen LogP contribution in [0.15, 0.2) is 18.2 Å². The van der Waals surface area contributed by atoms with E-state index >= 15 is 0 Å². The number of hydrogen-bond donors (Lipinski definition) is 1. The van der Waals surface area contributed by atoms with Gasteiger partial charge in [-0.1, -0.05) is 43.1 Å². The lowest BCUT2D eigenvalue weighted by atomic mass is 9.90. The predicted octanol–water partition coefficient (Wildman–Crippen LogP) is 4.86. The molecular formula is C15H18Cl2N2. The van der Waals surface area contributed by atoms with Gasteiger partial charge in [0.15, 0.2) is 0 Å². The van der Waals surface area contributed by atoms with E-state index in [4.69, 9.17) is 28.9 Å². The molecule has 2 nitrogen and oxygen atoms in total. The van der Waals surface area contributed by atoms with Gasteiger partial charge in [-0.2, -0.15) is 0 Å². The Hall–Kier alpha value is -0.830. The number of fused-ring (bicyclic) bond motifs is 1. The average molecular weight is 297 g/mol. The molecule has 0 fully saturated rings. The van der Waals surface area contributed by atoms with Crippen molar-refractivity contribution >= 4 is 34.1 Å². The van der Waals surface area contributed by atoms with Gasteiger partial charge in [0, 0.05) is 16.6 Å². The molecular weight excluding hydrogens is 279 g/mol. The third-order valence-corrected chi connectivity index (χ3v) is 3.97. The Labute approximate surface area is 123 Å². The van der Waals surface area contributed by atoms with E-state index < -0.39 is 5.54 Å². The van der Waals surface area contributed by atoms with Crippen LogP contribution in [0.4, 0.5) is 0 Å². The standard InChI is InChI=1S/C15H18Cl2N2/c1-8(2)12-7-10(15(3,4)18)9-5-6-11(16)13(17)14(9)19-12/h5-8H,18H2,1-4H3. The second kappa shape index (κ2) is 4.93. The van der Waals surface area contributed by atoms with Gasteiger partial charge in [-0.25, -0.2) is 0 Å². The molecule has 0 spiro atoms. The first kappa shape index (κ1) is 14.6. The van der Waals surface area contributed by atoms with E-state index in [1.807, 2.05) is 19.9 Å². The highest BCUT2D eigenvalue weighted by Gasteiger charge is 2.21. The molecule has 2 aromatic rings. The molecule has 0 atom stereocenters. The largest absolute Gasteiger partial charge is 0.322 e. The summed E-state index contributed by atoms with van der Waals surface area (Å²) in [5, 5.41) is 1.97. The number of hydrogen-bond acceptors (Lipinski definition) is 2. The second-order valence-electron chi connectivity index (χ2n) is 5.73. The second-order valence-corrected chi connectivity index (χ2v) is 6.51. The normalized spacial score (nSPS) is 12.4. The summed E-state index contributed by atoms with van der Waals surface area (Å²) in [6.07, 6.45) is 0. The van der Waals surface area contributed by atoms with Crippen molar-refractivity contribution in [2.24, 2.45) is 5.73 Å². The number of benzene rings is 1. The Morgan fingerprint density at radius 2 is 1.84 bits per heavy atom. The lowest BCUT2D eigenvalue weighted by Gasteiger charge is -2.23. The maximum absolute atomic E-state index is 6.29. The van der Waals surface area contributed by atoms with Gasteiger partial charge in [-0.15, -0.1) is 0 Å². The number of nitrogens with zero attached hydrogens (tertiary/aromatic N) is 1. The van der Waals surface area contributed by atoms with Crippen LogP contribution in [0.25, 0.3) is 10.9 Å². The van der Waals surface area contributed by atoms with Gasteiger partial charge < -0.3 is 5.73 Å². The summed E-state index contributed by atoms with van der Waals surface area (Å²) in [6.45, 7) is 8.16. The van der Waals surface area contributed by atoms with E-state index in [1.165, 1.54) is 0 Å². The first-order valence-electron chi connectivity index (χ1n) is 6.30. The molecule has 0 saturated heterocycles. The Balaban J connectivity index is 2.90. The fourth-order valence-corrected chi connectivity index (χ4v) is 2.44. The summed E-state index contributed by atoms with van der Waals surface area (Å²) in [4.78, 5) is 4.64. The molecule has 0 unspecified atom stereocenters. The van der Waals surface area contributed by atoms with Gasteiger partial charge >= 0.3 is 0 Å². The van der Waals surface area contributed by atoms with Crippen molar-refractivity contribution in [3.05, 3.63) is 39.5 Å². The van der Waals surface area contributed by atoms with Crippen LogP contribution in [0.3, 0.4) is 0 Å².